The van der Waals surface area contributed by atoms with E-state index in [0.717, 1.165) is 15.6 Å². The van der Waals surface area contributed by atoms with Crippen LogP contribution in [0.5, 0.6) is 0 Å². The quantitative estimate of drug-likeness (QED) is 0.186. The molecule has 6 nitrogen and oxygen atoms in total. The van der Waals surface area contributed by atoms with Crippen molar-refractivity contribution in [3.63, 3.8) is 0 Å². The van der Waals surface area contributed by atoms with Crippen molar-refractivity contribution in [2.75, 3.05) is 5.75 Å². The Morgan fingerprint density at radius 2 is 2.10 bits per heavy atom. The molecule has 1 N–H and O–H groups in total. The maximum atomic E-state index is 12.8. The minimum atomic E-state index is -0.287. The fraction of sp³-hybridized carbons (Fsp3) is 0.143. The van der Waals surface area contributed by atoms with Crippen LogP contribution in [-0.2, 0) is 11.3 Å². The lowest BCUT2D eigenvalue weighted by Crippen LogP contribution is -2.25. The van der Waals surface area contributed by atoms with Gasteiger partial charge in [0.05, 0.1) is 22.9 Å². The molecule has 3 rings (SSSR count). The number of para-hydroxylation sites is 1. The van der Waals surface area contributed by atoms with Crippen molar-refractivity contribution in [3.8, 4) is 0 Å². The standard InChI is InChI=1S/C21H19BrN4O2S/c1-14(2)12-26-20(28)17-8-3-4-9-18(17)24-21(26)29-13-19(27)25-23-11-15-6-5-7-16(22)10-15/h3-11H,1,12-13H2,2H3,(H,25,27). The van der Waals surface area contributed by atoms with E-state index in [1.54, 1.807) is 29.0 Å². The highest BCUT2D eigenvalue weighted by molar-refractivity contribution is 9.10. The van der Waals surface area contributed by atoms with Gasteiger partial charge < -0.3 is 0 Å². The molecule has 1 aromatic heterocycles. The Morgan fingerprint density at radius 1 is 1.31 bits per heavy atom. The number of thioether (sulfide) groups is 1. The number of carbonyl (C=O) groups excluding carboxylic acids is 1. The van der Waals surface area contributed by atoms with Gasteiger partial charge in [0.25, 0.3) is 11.5 Å². The number of rotatable bonds is 7. The molecule has 0 bridgehead atoms. The number of aromatic nitrogens is 2. The van der Waals surface area contributed by atoms with E-state index < -0.39 is 0 Å². The average Bonchev–Trinajstić information content (AvgIpc) is 2.69. The summed E-state index contributed by atoms with van der Waals surface area (Å²) < 4.78 is 2.48. The lowest BCUT2D eigenvalue weighted by molar-refractivity contribution is -0.118. The van der Waals surface area contributed by atoms with Gasteiger partial charge in [0, 0.05) is 11.0 Å². The first-order valence-corrected chi connectivity index (χ1v) is 10.6. The van der Waals surface area contributed by atoms with Gasteiger partial charge in [-0.15, -0.1) is 0 Å². The minimum Gasteiger partial charge on any atom is -0.283 e. The first kappa shape index (κ1) is 21.0. The molecule has 148 valence electrons. The molecule has 0 saturated heterocycles. The largest absolute Gasteiger partial charge is 0.283 e. The molecule has 0 aliphatic carbocycles. The minimum absolute atomic E-state index is 0.0802. The zero-order valence-electron chi connectivity index (χ0n) is 15.8. The maximum Gasteiger partial charge on any atom is 0.262 e. The summed E-state index contributed by atoms with van der Waals surface area (Å²) in [7, 11) is 0. The molecule has 0 fully saturated rings. The lowest BCUT2D eigenvalue weighted by Gasteiger charge is -2.12. The number of halogens is 1. The topological polar surface area (TPSA) is 76.3 Å². The van der Waals surface area contributed by atoms with Gasteiger partial charge in [-0.2, -0.15) is 5.10 Å². The molecule has 29 heavy (non-hydrogen) atoms. The molecule has 1 amide bonds. The van der Waals surface area contributed by atoms with E-state index in [4.69, 9.17) is 0 Å². The van der Waals surface area contributed by atoms with E-state index in [1.165, 1.54) is 11.8 Å². The number of hydrogen-bond donors (Lipinski definition) is 1. The van der Waals surface area contributed by atoms with Crippen LogP contribution in [0.25, 0.3) is 10.9 Å². The van der Waals surface area contributed by atoms with Crippen molar-refractivity contribution in [2.45, 2.75) is 18.6 Å². The maximum absolute atomic E-state index is 12.8. The molecule has 0 atom stereocenters. The van der Waals surface area contributed by atoms with E-state index in [1.807, 2.05) is 37.3 Å². The number of nitrogens with zero attached hydrogens (tertiary/aromatic N) is 3. The zero-order chi connectivity index (χ0) is 20.8. The second-order valence-electron chi connectivity index (χ2n) is 6.40. The number of hydrazone groups is 1. The van der Waals surface area contributed by atoms with Crippen LogP contribution in [0.1, 0.15) is 12.5 Å². The van der Waals surface area contributed by atoms with Crippen LogP contribution in [0.4, 0.5) is 0 Å². The Morgan fingerprint density at radius 3 is 2.86 bits per heavy atom. The summed E-state index contributed by atoms with van der Waals surface area (Å²) >= 11 is 4.58. The molecule has 1 heterocycles. The number of amides is 1. The van der Waals surface area contributed by atoms with Gasteiger partial charge in [0.2, 0.25) is 0 Å². The molecule has 3 aromatic rings. The smallest absolute Gasteiger partial charge is 0.262 e. The summed E-state index contributed by atoms with van der Waals surface area (Å²) in [5.41, 5.74) is 4.64. The number of benzene rings is 2. The summed E-state index contributed by atoms with van der Waals surface area (Å²) in [4.78, 5) is 29.6. The van der Waals surface area contributed by atoms with Crippen LogP contribution in [0.15, 0.2) is 80.2 Å². The number of hydrogen-bond acceptors (Lipinski definition) is 5. The summed E-state index contributed by atoms with van der Waals surface area (Å²) in [5.74, 6) is -0.206. The Hall–Kier alpha value is -2.71. The van der Waals surface area contributed by atoms with Crippen molar-refractivity contribution in [2.24, 2.45) is 5.10 Å². The Kier molecular flexibility index (Phi) is 7.00. The summed E-state index contributed by atoms with van der Waals surface area (Å²) in [6, 6.07) is 14.7. The van der Waals surface area contributed by atoms with Crippen molar-refractivity contribution >= 4 is 50.7 Å². The number of allylic oxidation sites excluding steroid dienone is 1. The third kappa shape index (κ3) is 5.65. The van der Waals surface area contributed by atoms with Crippen molar-refractivity contribution in [1.29, 1.82) is 0 Å². The van der Waals surface area contributed by atoms with E-state index in [0.29, 0.717) is 22.6 Å². The average molecular weight is 471 g/mol. The number of carbonyl (C=O) groups is 1. The molecular weight excluding hydrogens is 452 g/mol. The molecule has 0 aliphatic rings. The molecule has 2 aromatic carbocycles. The van der Waals surface area contributed by atoms with Crippen LogP contribution in [0.3, 0.4) is 0 Å². The molecule has 8 heteroatoms. The van der Waals surface area contributed by atoms with Crippen LogP contribution >= 0.6 is 27.7 Å². The third-order valence-electron chi connectivity index (χ3n) is 3.84. The molecule has 0 aliphatic heterocycles. The lowest BCUT2D eigenvalue weighted by atomic mass is 10.2. The normalized spacial score (nSPS) is 11.1. The van der Waals surface area contributed by atoms with Crippen LogP contribution in [0.2, 0.25) is 0 Å². The number of fused-ring (bicyclic) bond motifs is 1. The molecular formula is C21H19BrN4O2S. The molecule has 0 unspecified atom stereocenters. The fourth-order valence-electron chi connectivity index (χ4n) is 2.60. The molecule has 0 saturated carbocycles. The van der Waals surface area contributed by atoms with Crippen LogP contribution in [-0.4, -0.2) is 27.4 Å². The SMILES string of the molecule is C=C(C)Cn1c(SCC(=O)NN=Cc2cccc(Br)c2)nc2ccccc2c1=O. The first-order valence-electron chi connectivity index (χ1n) is 8.78. The van der Waals surface area contributed by atoms with Crippen LogP contribution < -0.4 is 11.0 Å². The Bertz CT molecular complexity index is 1160. The van der Waals surface area contributed by atoms with E-state index in [2.05, 4.69) is 38.0 Å². The van der Waals surface area contributed by atoms with Crippen molar-refractivity contribution < 1.29 is 4.79 Å². The highest BCUT2D eigenvalue weighted by Crippen LogP contribution is 2.18. The van der Waals surface area contributed by atoms with E-state index in [9.17, 15) is 9.59 Å². The monoisotopic (exact) mass is 470 g/mol. The van der Waals surface area contributed by atoms with Crippen molar-refractivity contribution in [3.05, 3.63) is 81.1 Å². The van der Waals surface area contributed by atoms with Gasteiger partial charge in [-0.05, 0) is 36.8 Å². The van der Waals surface area contributed by atoms with Gasteiger partial charge in [-0.3, -0.25) is 14.2 Å². The third-order valence-corrected chi connectivity index (χ3v) is 5.31. The van der Waals surface area contributed by atoms with Gasteiger partial charge in [0.1, 0.15) is 0 Å². The van der Waals surface area contributed by atoms with Crippen LogP contribution in [0, 0.1) is 0 Å². The highest BCUT2D eigenvalue weighted by Gasteiger charge is 2.13. The summed E-state index contributed by atoms with van der Waals surface area (Å²) in [6.45, 7) is 6.08. The van der Waals surface area contributed by atoms with Gasteiger partial charge >= 0.3 is 0 Å². The second-order valence-corrected chi connectivity index (χ2v) is 8.25. The summed E-state index contributed by atoms with van der Waals surface area (Å²) in [5, 5.41) is 4.99. The van der Waals surface area contributed by atoms with Gasteiger partial charge in [0.15, 0.2) is 5.16 Å². The zero-order valence-corrected chi connectivity index (χ0v) is 18.2. The van der Waals surface area contributed by atoms with E-state index in [-0.39, 0.29) is 17.2 Å². The van der Waals surface area contributed by atoms with Gasteiger partial charge in [-0.1, -0.05) is 64.1 Å². The predicted molar refractivity (Wildman–Crippen MR) is 121 cm³/mol. The van der Waals surface area contributed by atoms with E-state index >= 15 is 0 Å². The second kappa shape index (κ2) is 9.67. The molecule has 0 radical (unpaired) electrons. The first-order chi connectivity index (χ1) is 13.9. The van der Waals surface area contributed by atoms with Gasteiger partial charge in [-0.25, -0.2) is 10.4 Å². The summed E-state index contributed by atoms with van der Waals surface area (Å²) in [6.07, 6.45) is 1.57. The number of nitrogens with one attached hydrogen (secondary N) is 1. The van der Waals surface area contributed by atoms with Crippen molar-refractivity contribution in [1.82, 2.24) is 15.0 Å². The highest BCUT2D eigenvalue weighted by atomic mass is 79.9. The Balaban J connectivity index is 1.73. The predicted octanol–water partition coefficient (Wildman–Crippen LogP) is 3.98. The fourth-order valence-corrected chi connectivity index (χ4v) is 3.80. The molecule has 0 spiro atoms. The Labute approximate surface area is 180 Å².